The molecule has 1 atom stereocenters. The molecule has 6 nitrogen and oxygen atoms in total. The molecule has 1 unspecified atom stereocenters. The summed E-state index contributed by atoms with van der Waals surface area (Å²) in [6.07, 6.45) is 1.72. The van der Waals surface area contributed by atoms with Crippen LogP contribution in [-0.4, -0.2) is 32.3 Å². The zero-order chi connectivity index (χ0) is 16.7. The van der Waals surface area contributed by atoms with Crippen LogP contribution in [0.1, 0.15) is 54.8 Å². The van der Waals surface area contributed by atoms with Gasteiger partial charge in [0.2, 0.25) is 0 Å². The molecular weight excluding hydrogens is 316 g/mol. The predicted molar refractivity (Wildman–Crippen MR) is 88.4 cm³/mol. The molecule has 2 aromatic heterocycles. The van der Waals surface area contributed by atoms with Crippen LogP contribution in [0.3, 0.4) is 0 Å². The van der Waals surface area contributed by atoms with Crippen LogP contribution in [-0.2, 0) is 17.8 Å². The molecule has 2 N–H and O–H groups in total. The fourth-order valence-corrected chi connectivity index (χ4v) is 4.52. The van der Waals surface area contributed by atoms with Gasteiger partial charge >= 0.3 is 5.97 Å². The van der Waals surface area contributed by atoms with Crippen LogP contribution < -0.4 is 5.56 Å². The first-order valence-corrected chi connectivity index (χ1v) is 8.67. The van der Waals surface area contributed by atoms with Crippen molar-refractivity contribution in [1.82, 2.24) is 9.55 Å². The SMILES string of the molecule is CC(C)c1nc2sc3c(c2c(=O)n1CCCO)C(C(=O)O)CC3. The molecule has 0 fully saturated rings. The second-order valence-electron chi connectivity index (χ2n) is 6.21. The number of nitrogens with zero attached hydrogens (tertiary/aromatic N) is 2. The third kappa shape index (κ3) is 2.57. The maximum Gasteiger partial charge on any atom is 0.311 e. The number of fused-ring (bicyclic) bond motifs is 3. The van der Waals surface area contributed by atoms with Gasteiger partial charge in [-0.1, -0.05) is 13.8 Å². The molecule has 23 heavy (non-hydrogen) atoms. The number of aromatic nitrogens is 2. The Balaban J connectivity index is 2.28. The van der Waals surface area contributed by atoms with Gasteiger partial charge < -0.3 is 10.2 Å². The second-order valence-corrected chi connectivity index (χ2v) is 7.29. The van der Waals surface area contributed by atoms with E-state index in [4.69, 9.17) is 5.11 Å². The van der Waals surface area contributed by atoms with E-state index in [1.807, 2.05) is 13.8 Å². The van der Waals surface area contributed by atoms with Crippen molar-refractivity contribution in [3.63, 3.8) is 0 Å². The fraction of sp³-hybridized carbons (Fsp3) is 0.562. The standard InChI is InChI=1S/C16H20N2O4S/c1-8(2)13-17-14-12(15(20)18(13)6-3-7-19)11-9(16(21)22)4-5-10(11)23-14/h8-9,19H,3-7H2,1-2H3,(H,21,22). The van der Waals surface area contributed by atoms with Crippen molar-refractivity contribution in [2.24, 2.45) is 0 Å². The molecule has 3 rings (SSSR count). The van der Waals surface area contributed by atoms with Gasteiger partial charge in [-0.25, -0.2) is 4.98 Å². The molecule has 7 heteroatoms. The molecule has 2 heterocycles. The Hall–Kier alpha value is -1.73. The van der Waals surface area contributed by atoms with E-state index < -0.39 is 11.9 Å². The van der Waals surface area contributed by atoms with Gasteiger partial charge in [0, 0.05) is 23.9 Å². The van der Waals surface area contributed by atoms with Crippen LogP contribution in [0.2, 0.25) is 0 Å². The van der Waals surface area contributed by atoms with Crippen LogP contribution in [0.4, 0.5) is 0 Å². The summed E-state index contributed by atoms with van der Waals surface area (Å²) < 4.78 is 1.60. The number of hydrogen-bond donors (Lipinski definition) is 2. The van der Waals surface area contributed by atoms with Gasteiger partial charge in [-0.05, 0) is 24.8 Å². The third-order valence-electron chi connectivity index (χ3n) is 4.32. The minimum absolute atomic E-state index is 0.00150. The molecule has 0 amide bonds. The van der Waals surface area contributed by atoms with Crippen LogP contribution in [0, 0.1) is 0 Å². The molecule has 0 saturated heterocycles. The van der Waals surface area contributed by atoms with Crippen molar-refractivity contribution < 1.29 is 15.0 Å². The van der Waals surface area contributed by atoms with E-state index in [1.165, 1.54) is 11.3 Å². The number of thiophene rings is 1. The number of carboxylic acids is 1. The lowest BCUT2D eigenvalue weighted by Gasteiger charge is -2.15. The molecule has 0 aliphatic heterocycles. The average Bonchev–Trinajstić information content (AvgIpc) is 3.03. The minimum Gasteiger partial charge on any atom is -0.481 e. The third-order valence-corrected chi connectivity index (χ3v) is 5.48. The van der Waals surface area contributed by atoms with E-state index >= 15 is 0 Å². The maximum atomic E-state index is 13.0. The first-order chi connectivity index (χ1) is 11.0. The highest BCUT2D eigenvalue weighted by Gasteiger charge is 2.34. The summed E-state index contributed by atoms with van der Waals surface area (Å²) in [7, 11) is 0. The Morgan fingerprint density at radius 3 is 2.83 bits per heavy atom. The van der Waals surface area contributed by atoms with Gasteiger partial charge in [-0.2, -0.15) is 0 Å². The highest BCUT2D eigenvalue weighted by atomic mass is 32.1. The molecule has 0 saturated carbocycles. The predicted octanol–water partition coefficient (Wildman–Crippen LogP) is 2.08. The molecule has 124 valence electrons. The first-order valence-electron chi connectivity index (χ1n) is 7.85. The normalized spacial score (nSPS) is 17.1. The first kappa shape index (κ1) is 16.1. The molecule has 2 aromatic rings. The van der Waals surface area contributed by atoms with Gasteiger partial charge in [0.25, 0.3) is 5.56 Å². The van der Waals surface area contributed by atoms with Gasteiger partial charge in [0.1, 0.15) is 10.7 Å². The van der Waals surface area contributed by atoms with Crippen LogP contribution >= 0.6 is 11.3 Å². The number of aliphatic hydroxyl groups is 1. The van der Waals surface area contributed by atoms with Crippen LogP contribution in [0.5, 0.6) is 0 Å². The summed E-state index contributed by atoms with van der Waals surface area (Å²) in [6.45, 7) is 4.35. The van der Waals surface area contributed by atoms with Crippen molar-refractivity contribution in [3.05, 3.63) is 26.6 Å². The lowest BCUT2D eigenvalue weighted by molar-refractivity contribution is -0.138. The Morgan fingerprint density at radius 1 is 1.48 bits per heavy atom. The van der Waals surface area contributed by atoms with E-state index in [-0.39, 0.29) is 18.1 Å². The van der Waals surface area contributed by atoms with E-state index in [0.717, 1.165) is 4.88 Å². The number of carbonyl (C=O) groups is 1. The monoisotopic (exact) mass is 336 g/mol. The fourth-order valence-electron chi connectivity index (χ4n) is 3.27. The van der Waals surface area contributed by atoms with E-state index in [1.54, 1.807) is 4.57 Å². The van der Waals surface area contributed by atoms with Gasteiger partial charge in [0.05, 0.1) is 11.3 Å². The van der Waals surface area contributed by atoms with Crippen LogP contribution in [0.25, 0.3) is 10.2 Å². The lowest BCUT2D eigenvalue weighted by atomic mass is 10.0. The Bertz CT molecular complexity index is 822. The van der Waals surface area contributed by atoms with E-state index in [9.17, 15) is 14.7 Å². The highest BCUT2D eigenvalue weighted by Crippen LogP contribution is 2.42. The molecule has 0 radical (unpaired) electrons. The van der Waals surface area contributed by atoms with Crippen molar-refractivity contribution in [3.8, 4) is 0 Å². The van der Waals surface area contributed by atoms with Gasteiger partial charge in [-0.15, -0.1) is 11.3 Å². The summed E-state index contributed by atoms with van der Waals surface area (Å²) in [5, 5.41) is 19.0. The Morgan fingerprint density at radius 2 is 2.22 bits per heavy atom. The largest absolute Gasteiger partial charge is 0.481 e. The zero-order valence-electron chi connectivity index (χ0n) is 13.2. The van der Waals surface area contributed by atoms with Crippen molar-refractivity contribution in [2.75, 3.05) is 6.61 Å². The number of aliphatic hydroxyl groups excluding tert-OH is 1. The van der Waals surface area contributed by atoms with E-state index in [0.29, 0.717) is 47.4 Å². The lowest BCUT2D eigenvalue weighted by Crippen LogP contribution is -2.27. The maximum absolute atomic E-state index is 13.0. The highest BCUT2D eigenvalue weighted by molar-refractivity contribution is 7.18. The summed E-state index contributed by atoms with van der Waals surface area (Å²) >= 11 is 1.45. The molecule has 0 aromatic carbocycles. The summed E-state index contributed by atoms with van der Waals surface area (Å²) in [6, 6.07) is 0. The quantitative estimate of drug-likeness (QED) is 0.872. The van der Waals surface area contributed by atoms with Crippen molar-refractivity contribution in [1.29, 1.82) is 0 Å². The molecule has 0 bridgehead atoms. The summed E-state index contributed by atoms with van der Waals surface area (Å²) in [5.41, 5.74) is 0.501. The van der Waals surface area contributed by atoms with Gasteiger partial charge in [0.15, 0.2) is 0 Å². The zero-order valence-corrected chi connectivity index (χ0v) is 14.0. The van der Waals surface area contributed by atoms with Crippen molar-refractivity contribution >= 4 is 27.5 Å². The number of aryl methyl sites for hydroxylation is 1. The summed E-state index contributed by atoms with van der Waals surface area (Å²) in [5.74, 6) is -0.706. The summed E-state index contributed by atoms with van der Waals surface area (Å²) in [4.78, 5) is 30.8. The molecular formula is C16H20N2O4S. The molecule has 1 aliphatic carbocycles. The molecule has 1 aliphatic rings. The van der Waals surface area contributed by atoms with E-state index in [2.05, 4.69) is 4.98 Å². The second kappa shape index (κ2) is 6.05. The van der Waals surface area contributed by atoms with Gasteiger partial charge in [-0.3, -0.25) is 14.2 Å². The van der Waals surface area contributed by atoms with Crippen LogP contribution in [0.15, 0.2) is 4.79 Å². The number of aliphatic carboxylic acids is 1. The average molecular weight is 336 g/mol. The Labute approximate surface area is 137 Å². The topological polar surface area (TPSA) is 92.4 Å². The number of rotatable bonds is 5. The number of carboxylic acid groups (broad SMARTS) is 1. The Kier molecular flexibility index (Phi) is 4.25. The minimum atomic E-state index is -0.877. The number of hydrogen-bond acceptors (Lipinski definition) is 5. The van der Waals surface area contributed by atoms with Crippen molar-refractivity contribution in [2.45, 2.75) is 51.5 Å². The smallest absolute Gasteiger partial charge is 0.311 e. The molecule has 0 spiro atoms.